The Labute approximate surface area is 94.7 Å². The van der Waals surface area contributed by atoms with E-state index in [1.807, 2.05) is 12.1 Å². The second kappa shape index (κ2) is 3.96. The van der Waals surface area contributed by atoms with Crippen LogP contribution in [0.1, 0.15) is 18.0 Å². The third-order valence-electron chi connectivity index (χ3n) is 3.42. The van der Waals surface area contributed by atoms with Crippen molar-refractivity contribution in [2.24, 2.45) is 11.7 Å². The maximum atomic E-state index is 5.79. The summed E-state index contributed by atoms with van der Waals surface area (Å²) in [6.45, 7) is 2.06. The van der Waals surface area contributed by atoms with Gasteiger partial charge in [0.15, 0.2) is 11.5 Å². The van der Waals surface area contributed by atoms with Gasteiger partial charge in [0.25, 0.3) is 0 Å². The van der Waals surface area contributed by atoms with Crippen molar-refractivity contribution in [3.8, 4) is 11.5 Å². The molecule has 2 aliphatic heterocycles. The van der Waals surface area contributed by atoms with E-state index >= 15 is 0 Å². The van der Waals surface area contributed by atoms with Crippen LogP contribution in [0.15, 0.2) is 18.2 Å². The van der Waals surface area contributed by atoms with Gasteiger partial charge in [0.1, 0.15) is 0 Å². The lowest BCUT2D eigenvalue weighted by molar-refractivity contribution is 0.172. The molecule has 3 N–H and O–H groups in total. The molecule has 0 aliphatic carbocycles. The molecule has 1 aromatic rings. The van der Waals surface area contributed by atoms with Crippen molar-refractivity contribution >= 4 is 0 Å². The SMILES string of the molecule is NCC1CCNC1c1cccc2c1OCO2. The van der Waals surface area contributed by atoms with Crippen molar-refractivity contribution < 1.29 is 9.47 Å². The van der Waals surface area contributed by atoms with Crippen molar-refractivity contribution in [1.29, 1.82) is 0 Å². The molecule has 86 valence electrons. The van der Waals surface area contributed by atoms with E-state index in [2.05, 4.69) is 11.4 Å². The first-order chi connectivity index (χ1) is 7.90. The minimum absolute atomic E-state index is 0.307. The summed E-state index contributed by atoms with van der Waals surface area (Å²) in [4.78, 5) is 0. The van der Waals surface area contributed by atoms with Gasteiger partial charge in [0.2, 0.25) is 6.79 Å². The smallest absolute Gasteiger partial charge is 0.231 e. The van der Waals surface area contributed by atoms with Gasteiger partial charge in [-0.1, -0.05) is 12.1 Å². The molecular formula is C12H16N2O2. The van der Waals surface area contributed by atoms with Gasteiger partial charge in [-0.3, -0.25) is 0 Å². The molecule has 4 heteroatoms. The molecule has 0 aromatic heterocycles. The van der Waals surface area contributed by atoms with E-state index in [1.165, 1.54) is 5.56 Å². The average molecular weight is 220 g/mol. The van der Waals surface area contributed by atoms with Crippen molar-refractivity contribution in [3.05, 3.63) is 23.8 Å². The fourth-order valence-electron chi connectivity index (χ4n) is 2.57. The molecule has 1 aromatic carbocycles. The van der Waals surface area contributed by atoms with E-state index in [9.17, 15) is 0 Å². The summed E-state index contributed by atoms with van der Waals surface area (Å²) in [5.41, 5.74) is 6.98. The van der Waals surface area contributed by atoms with Crippen LogP contribution in [0.5, 0.6) is 11.5 Å². The Kier molecular flexibility index (Phi) is 2.46. The number of nitrogens with two attached hydrogens (primary N) is 1. The highest BCUT2D eigenvalue weighted by Gasteiger charge is 2.31. The van der Waals surface area contributed by atoms with Crippen LogP contribution >= 0.6 is 0 Å². The number of ether oxygens (including phenoxy) is 2. The molecular weight excluding hydrogens is 204 g/mol. The average Bonchev–Trinajstić information content (AvgIpc) is 2.96. The van der Waals surface area contributed by atoms with Crippen molar-refractivity contribution in [1.82, 2.24) is 5.32 Å². The molecule has 2 unspecified atom stereocenters. The van der Waals surface area contributed by atoms with E-state index in [0.717, 1.165) is 24.5 Å². The zero-order valence-corrected chi connectivity index (χ0v) is 9.11. The minimum atomic E-state index is 0.307. The van der Waals surface area contributed by atoms with Crippen LogP contribution < -0.4 is 20.5 Å². The fourth-order valence-corrected chi connectivity index (χ4v) is 2.57. The highest BCUT2D eigenvalue weighted by atomic mass is 16.7. The summed E-state index contributed by atoms with van der Waals surface area (Å²) >= 11 is 0. The Hall–Kier alpha value is -1.26. The van der Waals surface area contributed by atoms with Gasteiger partial charge < -0.3 is 20.5 Å². The number of rotatable bonds is 2. The van der Waals surface area contributed by atoms with Crippen LogP contribution in [0, 0.1) is 5.92 Å². The monoisotopic (exact) mass is 220 g/mol. The number of nitrogens with one attached hydrogen (secondary N) is 1. The van der Waals surface area contributed by atoms with Crippen LogP contribution in [-0.4, -0.2) is 19.9 Å². The van der Waals surface area contributed by atoms with Gasteiger partial charge >= 0.3 is 0 Å². The number of hydrogen-bond donors (Lipinski definition) is 2. The zero-order valence-electron chi connectivity index (χ0n) is 9.11. The molecule has 2 atom stereocenters. The molecule has 0 amide bonds. The number of para-hydroxylation sites is 1. The largest absolute Gasteiger partial charge is 0.454 e. The van der Waals surface area contributed by atoms with Crippen molar-refractivity contribution in [2.75, 3.05) is 19.9 Å². The van der Waals surface area contributed by atoms with Crippen LogP contribution in [0.25, 0.3) is 0 Å². The summed E-state index contributed by atoms with van der Waals surface area (Å²) in [5.74, 6) is 2.23. The first kappa shape index (κ1) is 9.93. The summed E-state index contributed by atoms with van der Waals surface area (Å²) in [6.07, 6.45) is 1.13. The normalized spacial score (nSPS) is 27.3. The predicted octanol–water partition coefficient (Wildman–Crippen LogP) is 1.02. The highest BCUT2D eigenvalue weighted by Crippen LogP contribution is 2.42. The Morgan fingerprint density at radius 2 is 2.31 bits per heavy atom. The Morgan fingerprint density at radius 3 is 3.19 bits per heavy atom. The highest BCUT2D eigenvalue weighted by molar-refractivity contribution is 5.50. The maximum absolute atomic E-state index is 5.79. The topological polar surface area (TPSA) is 56.5 Å². The fraction of sp³-hybridized carbons (Fsp3) is 0.500. The number of fused-ring (bicyclic) bond motifs is 1. The molecule has 0 radical (unpaired) electrons. The molecule has 1 fully saturated rings. The standard InChI is InChI=1S/C12H16N2O2/c13-6-8-4-5-14-11(8)9-2-1-3-10-12(9)16-7-15-10/h1-3,8,11,14H,4-7,13H2. The first-order valence-electron chi connectivity index (χ1n) is 5.72. The summed E-state index contributed by atoms with van der Waals surface area (Å²) in [5, 5.41) is 3.49. The lowest BCUT2D eigenvalue weighted by atomic mass is 9.93. The molecule has 2 aliphatic rings. The lowest BCUT2D eigenvalue weighted by Gasteiger charge is -2.19. The summed E-state index contributed by atoms with van der Waals surface area (Å²) in [7, 11) is 0. The quantitative estimate of drug-likeness (QED) is 0.781. The lowest BCUT2D eigenvalue weighted by Crippen LogP contribution is -2.23. The van der Waals surface area contributed by atoms with Gasteiger partial charge in [-0.15, -0.1) is 0 Å². The second-order valence-corrected chi connectivity index (χ2v) is 4.30. The molecule has 3 rings (SSSR count). The van der Waals surface area contributed by atoms with Crippen molar-refractivity contribution in [3.63, 3.8) is 0 Å². The van der Waals surface area contributed by atoms with Crippen LogP contribution in [-0.2, 0) is 0 Å². The molecule has 16 heavy (non-hydrogen) atoms. The van der Waals surface area contributed by atoms with Gasteiger partial charge in [0.05, 0.1) is 0 Å². The van der Waals surface area contributed by atoms with Crippen molar-refractivity contribution in [2.45, 2.75) is 12.5 Å². The summed E-state index contributed by atoms with van der Waals surface area (Å²) in [6, 6.07) is 6.36. The Bertz CT molecular complexity index is 395. The van der Waals surface area contributed by atoms with Gasteiger partial charge in [-0.05, 0) is 31.5 Å². The van der Waals surface area contributed by atoms with Crippen LogP contribution in [0.2, 0.25) is 0 Å². The molecule has 0 saturated carbocycles. The molecule has 4 nitrogen and oxygen atoms in total. The molecule has 1 saturated heterocycles. The van der Waals surface area contributed by atoms with E-state index < -0.39 is 0 Å². The van der Waals surface area contributed by atoms with E-state index in [-0.39, 0.29) is 0 Å². The molecule has 0 spiro atoms. The third-order valence-corrected chi connectivity index (χ3v) is 3.42. The zero-order chi connectivity index (χ0) is 11.0. The molecule has 2 heterocycles. The Balaban J connectivity index is 1.97. The number of hydrogen-bond acceptors (Lipinski definition) is 4. The van der Waals surface area contributed by atoms with Gasteiger partial charge in [-0.2, -0.15) is 0 Å². The second-order valence-electron chi connectivity index (χ2n) is 4.30. The maximum Gasteiger partial charge on any atom is 0.231 e. The predicted molar refractivity (Wildman–Crippen MR) is 60.5 cm³/mol. The minimum Gasteiger partial charge on any atom is -0.454 e. The van der Waals surface area contributed by atoms with Crippen LogP contribution in [0.4, 0.5) is 0 Å². The van der Waals surface area contributed by atoms with E-state index in [4.69, 9.17) is 15.2 Å². The van der Waals surface area contributed by atoms with E-state index in [1.54, 1.807) is 0 Å². The Morgan fingerprint density at radius 1 is 1.38 bits per heavy atom. The van der Waals surface area contributed by atoms with E-state index in [0.29, 0.717) is 25.3 Å². The summed E-state index contributed by atoms with van der Waals surface area (Å²) < 4.78 is 10.9. The third kappa shape index (κ3) is 1.45. The van der Waals surface area contributed by atoms with Crippen LogP contribution in [0.3, 0.4) is 0 Å². The first-order valence-corrected chi connectivity index (χ1v) is 5.72. The number of benzene rings is 1. The molecule has 0 bridgehead atoms. The van der Waals surface area contributed by atoms with Gasteiger partial charge in [-0.25, -0.2) is 0 Å². The van der Waals surface area contributed by atoms with Gasteiger partial charge in [0, 0.05) is 11.6 Å².